The highest BCUT2D eigenvalue weighted by Crippen LogP contribution is 2.11. The molecule has 1 amide bonds. The molecule has 0 aliphatic carbocycles. The number of hydrogen-bond acceptors (Lipinski definition) is 3. The van der Waals surface area contributed by atoms with Gasteiger partial charge in [0, 0.05) is 5.69 Å². The standard InChI is InChI=1S/C17H16FNO3/c1-2-12-5-3-8-15(9-12)19-16(20)11-22-17(21)13-6-4-7-14(18)10-13/h3-10H,2,11H2,1H3,(H,19,20). The van der Waals surface area contributed by atoms with Crippen molar-refractivity contribution in [1.82, 2.24) is 0 Å². The number of halogens is 1. The molecular weight excluding hydrogens is 285 g/mol. The predicted molar refractivity (Wildman–Crippen MR) is 81.1 cm³/mol. The number of amides is 1. The molecule has 0 atom stereocenters. The first-order valence-corrected chi connectivity index (χ1v) is 6.90. The highest BCUT2D eigenvalue weighted by molar-refractivity contribution is 5.95. The molecule has 4 nitrogen and oxygen atoms in total. The molecule has 114 valence electrons. The van der Waals surface area contributed by atoms with Gasteiger partial charge in [-0.3, -0.25) is 4.79 Å². The third-order valence-corrected chi connectivity index (χ3v) is 3.01. The Labute approximate surface area is 127 Å². The van der Waals surface area contributed by atoms with Crippen molar-refractivity contribution in [2.24, 2.45) is 0 Å². The summed E-state index contributed by atoms with van der Waals surface area (Å²) >= 11 is 0. The number of hydrogen-bond donors (Lipinski definition) is 1. The van der Waals surface area contributed by atoms with E-state index in [4.69, 9.17) is 4.74 Å². The van der Waals surface area contributed by atoms with Gasteiger partial charge in [-0.2, -0.15) is 0 Å². The Morgan fingerprint density at radius 2 is 1.91 bits per heavy atom. The minimum atomic E-state index is -0.739. The predicted octanol–water partition coefficient (Wildman–Crippen LogP) is 3.18. The molecular formula is C17H16FNO3. The highest BCUT2D eigenvalue weighted by Gasteiger charge is 2.11. The molecule has 0 radical (unpaired) electrons. The Morgan fingerprint density at radius 3 is 2.64 bits per heavy atom. The zero-order chi connectivity index (χ0) is 15.9. The van der Waals surface area contributed by atoms with E-state index >= 15 is 0 Å². The van der Waals surface area contributed by atoms with E-state index in [0.29, 0.717) is 5.69 Å². The second-order valence-corrected chi connectivity index (χ2v) is 4.69. The van der Waals surface area contributed by atoms with Gasteiger partial charge in [0.1, 0.15) is 5.82 Å². The first kappa shape index (κ1) is 15.7. The molecule has 0 bridgehead atoms. The molecule has 0 saturated heterocycles. The van der Waals surface area contributed by atoms with Crippen LogP contribution in [0.15, 0.2) is 48.5 Å². The van der Waals surface area contributed by atoms with Crippen molar-refractivity contribution in [1.29, 1.82) is 0 Å². The number of nitrogens with one attached hydrogen (secondary N) is 1. The monoisotopic (exact) mass is 301 g/mol. The van der Waals surface area contributed by atoms with Crippen LogP contribution < -0.4 is 5.32 Å². The van der Waals surface area contributed by atoms with E-state index in [2.05, 4.69) is 5.32 Å². The minimum absolute atomic E-state index is 0.0702. The maximum absolute atomic E-state index is 13.0. The molecule has 0 aliphatic rings. The number of carbonyl (C=O) groups is 2. The first-order valence-electron chi connectivity index (χ1n) is 6.90. The van der Waals surface area contributed by atoms with Gasteiger partial charge >= 0.3 is 5.97 Å². The van der Waals surface area contributed by atoms with Crippen molar-refractivity contribution >= 4 is 17.6 Å². The van der Waals surface area contributed by atoms with Crippen molar-refractivity contribution in [2.45, 2.75) is 13.3 Å². The number of benzene rings is 2. The Hall–Kier alpha value is -2.69. The van der Waals surface area contributed by atoms with Gasteiger partial charge in [-0.1, -0.05) is 25.1 Å². The molecule has 0 saturated carbocycles. The van der Waals surface area contributed by atoms with Gasteiger partial charge in [0.25, 0.3) is 5.91 Å². The molecule has 2 aromatic carbocycles. The summed E-state index contributed by atoms with van der Waals surface area (Å²) in [4.78, 5) is 23.4. The van der Waals surface area contributed by atoms with Crippen LogP contribution in [0, 0.1) is 5.82 Å². The lowest BCUT2D eigenvalue weighted by Crippen LogP contribution is -2.21. The SMILES string of the molecule is CCc1cccc(NC(=O)COC(=O)c2cccc(F)c2)c1. The van der Waals surface area contributed by atoms with Crippen LogP contribution in [0.1, 0.15) is 22.8 Å². The normalized spacial score (nSPS) is 10.1. The summed E-state index contributed by atoms with van der Waals surface area (Å²) in [6.07, 6.45) is 0.859. The van der Waals surface area contributed by atoms with Crippen LogP contribution in [0.25, 0.3) is 0 Å². The fourth-order valence-corrected chi connectivity index (χ4v) is 1.90. The van der Waals surface area contributed by atoms with Crippen LogP contribution in [0.2, 0.25) is 0 Å². The summed E-state index contributed by atoms with van der Waals surface area (Å²) in [6, 6.07) is 12.5. The number of anilines is 1. The van der Waals surface area contributed by atoms with Gasteiger partial charge in [0.2, 0.25) is 0 Å². The zero-order valence-corrected chi connectivity index (χ0v) is 12.1. The maximum atomic E-state index is 13.0. The topological polar surface area (TPSA) is 55.4 Å². The fourth-order valence-electron chi connectivity index (χ4n) is 1.90. The quantitative estimate of drug-likeness (QED) is 0.863. The average molecular weight is 301 g/mol. The number of esters is 1. The van der Waals surface area contributed by atoms with E-state index in [1.807, 2.05) is 25.1 Å². The molecule has 2 aromatic rings. The maximum Gasteiger partial charge on any atom is 0.338 e. The minimum Gasteiger partial charge on any atom is -0.452 e. The van der Waals surface area contributed by atoms with Gasteiger partial charge in [0.05, 0.1) is 5.56 Å². The van der Waals surface area contributed by atoms with Crippen LogP contribution >= 0.6 is 0 Å². The number of ether oxygens (including phenoxy) is 1. The molecule has 2 rings (SSSR count). The lowest BCUT2D eigenvalue weighted by molar-refractivity contribution is -0.119. The van der Waals surface area contributed by atoms with Crippen LogP contribution in [-0.4, -0.2) is 18.5 Å². The third kappa shape index (κ3) is 4.41. The van der Waals surface area contributed by atoms with Crippen LogP contribution in [0.3, 0.4) is 0 Å². The van der Waals surface area contributed by atoms with Crippen molar-refractivity contribution in [3.63, 3.8) is 0 Å². The fraction of sp³-hybridized carbons (Fsp3) is 0.176. The largest absolute Gasteiger partial charge is 0.452 e. The molecule has 0 aromatic heterocycles. The van der Waals surface area contributed by atoms with Gasteiger partial charge in [-0.25, -0.2) is 9.18 Å². The summed E-state index contributed by atoms with van der Waals surface area (Å²) in [5, 5.41) is 2.64. The second kappa shape index (κ2) is 7.36. The Balaban J connectivity index is 1.88. The van der Waals surface area contributed by atoms with Crippen molar-refractivity contribution in [3.05, 3.63) is 65.5 Å². The molecule has 1 N–H and O–H groups in total. The van der Waals surface area contributed by atoms with Crippen molar-refractivity contribution < 1.29 is 18.7 Å². The summed E-state index contributed by atoms with van der Waals surface area (Å²) < 4.78 is 17.9. The Bertz CT molecular complexity index is 685. The zero-order valence-electron chi connectivity index (χ0n) is 12.1. The van der Waals surface area contributed by atoms with E-state index in [9.17, 15) is 14.0 Å². The molecule has 22 heavy (non-hydrogen) atoms. The van der Waals surface area contributed by atoms with Gasteiger partial charge < -0.3 is 10.1 Å². The second-order valence-electron chi connectivity index (χ2n) is 4.69. The molecule has 5 heteroatoms. The van der Waals surface area contributed by atoms with Crippen LogP contribution in [0.5, 0.6) is 0 Å². The summed E-state index contributed by atoms with van der Waals surface area (Å²) in [5.41, 5.74) is 1.81. The number of aryl methyl sites for hydroxylation is 1. The summed E-state index contributed by atoms with van der Waals surface area (Å²) in [5.74, 6) is -1.72. The van der Waals surface area contributed by atoms with Gasteiger partial charge in [0.15, 0.2) is 6.61 Å². The highest BCUT2D eigenvalue weighted by atomic mass is 19.1. The molecule has 0 aliphatic heterocycles. The lowest BCUT2D eigenvalue weighted by atomic mass is 10.1. The van der Waals surface area contributed by atoms with Gasteiger partial charge in [-0.15, -0.1) is 0 Å². The van der Waals surface area contributed by atoms with Crippen molar-refractivity contribution in [3.8, 4) is 0 Å². The Kier molecular flexibility index (Phi) is 5.25. The smallest absolute Gasteiger partial charge is 0.338 e. The number of rotatable bonds is 5. The van der Waals surface area contributed by atoms with Crippen LogP contribution in [-0.2, 0) is 16.0 Å². The molecule has 0 spiro atoms. The molecule has 0 fully saturated rings. The summed E-state index contributed by atoms with van der Waals surface area (Å²) in [6.45, 7) is 1.59. The molecule has 0 unspecified atom stereocenters. The Morgan fingerprint density at radius 1 is 1.14 bits per heavy atom. The van der Waals surface area contributed by atoms with Crippen LogP contribution in [0.4, 0.5) is 10.1 Å². The van der Waals surface area contributed by atoms with E-state index in [-0.39, 0.29) is 5.56 Å². The van der Waals surface area contributed by atoms with E-state index in [0.717, 1.165) is 18.1 Å². The summed E-state index contributed by atoms with van der Waals surface area (Å²) in [7, 11) is 0. The lowest BCUT2D eigenvalue weighted by Gasteiger charge is -2.07. The van der Waals surface area contributed by atoms with Gasteiger partial charge in [-0.05, 0) is 42.3 Å². The third-order valence-electron chi connectivity index (χ3n) is 3.01. The first-order chi connectivity index (χ1) is 10.6. The van der Waals surface area contributed by atoms with Crippen molar-refractivity contribution in [2.75, 3.05) is 11.9 Å². The average Bonchev–Trinajstić information content (AvgIpc) is 2.52. The molecule has 0 heterocycles. The van der Waals surface area contributed by atoms with E-state index in [1.165, 1.54) is 18.2 Å². The van der Waals surface area contributed by atoms with E-state index < -0.39 is 24.3 Å². The number of carbonyl (C=O) groups excluding carboxylic acids is 2. The van der Waals surface area contributed by atoms with E-state index in [1.54, 1.807) is 6.07 Å².